The van der Waals surface area contributed by atoms with Crippen LogP contribution in [0.15, 0.2) is 66.7 Å². The summed E-state index contributed by atoms with van der Waals surface area (Å²) in [6.45, 7) is 11.5. The highest BCUT2D eigenvalue weighted by Crippen LogP contribution is 2.30. The summed E-state index contributed by atoms with van der Waals surface area (Å²) in [5.41, 5.74) is 3.09. The van der Waals surface area contributed by atoms with Crippen molar-refractivity contribution in [3.8, 4) is 11.5 Å². The first-order valence-corrected chi connectivity index (χ1v) is 15.4. The molecule has 0 aliphatic heterocycles. The molecule has 3 N–H and O–H groups in total. The van der Waals surface area contributed by atoms with Crippen molar-refractivity contribution in [2.75, 3.05) is 19.0 Å². The zero-order chi connectivity index (χ0) is 33.1. The van der Waals surface area contributed by atoms with Gasteiger partial charge in [0.2, 0.25) is 5.91 Å². The predicted molar refractivity (Wildman–Crippen MR) is 176 cm³/mol. The van der Waals surface area contributed by atoms with E-state index in [0.29, 0.717) is 30.0 Å². The van der Waals surface area contributed by atoms with Gasteiger partial charge in [0.15, 0.2) is 0 Å². The van der Waals surface area contributed by atoms with Crippen LogP contribution in [-0.4, -0.2) is 53.2 Å². The van der Waals surface area contributed by atoms with Gasteiger partial charge in [-0.05, 0) is 99.7 Å². The van der Waals surface area contributed by atoms with Gasteiger partial charge in [-0.1, -0.05) is 50.1 Å². The molecule has 0 fully saturated rings. The predicted octanol–water partition coefficient (Wildman–Crippen LogP) is 6.85. The molecule has 242 valence electrons. The van der Waals surface area contributed by atoms with Crippen molar-refractivity contribution >= 4 is 23.6 Å². The molecule has 0 saturated heterocycles. The van der Waals surface area contributed by atoms with Gasteiger partial charge in [0.25, 0.3) is 5.91 Å². The summed E-state index contributed by atoms with van der Waals surface area (Å²) in [4.78, 5) is 43.5. The van der Waals surface area contributed by atoms with Crippen LogP contribution in [0.2, 0.25) is 0 Å². The molecular formula is C36H47N3O6. The molecule has 0 saturated carbocycles. The highest BCUT2D eigenvalue weighted by molar-refractivity contribution is 5.99. The number of nitrogens with one attached hydrogen (secondary N) is 2. The van der Waals surface area contributed by atoms with E-state index >= 15 is 0 Å². The van der Waals surface area contributed by atoms with Gasteiger partial charge >= 0.3 is 6.09 Å². The van der Waals surface area contributed by atoms with E-state index in [1.807, 2.05) is 32.0 Å². The van der Waals surface area contributed by atoms with Gasteiger partial charge in [-0.25, -0.2) is 4.79 Å². The zero-order valence-electron chi connectivity index (χ0n) is 27.5. The lowest BCUT2D eigenvalue weighted by Gasteiger charge is -2.35. The molecule has 2 unspecified atom stereocenters. The van der Waals surface area contributed by atoms with Crippen molar-refractivity contribution in [2.45, 2.75) is 84.9 Å². The first-order valence-electron chi connectivity index (χ1n) is 15.4. The molecule has 45 heavy (non-hydrogen) atoms. The van der Waals surface area contributed by atoms with Gasteiger partial charge in [0, 0.05) is 18.7 Å². The van der Waals surface area contributed by atoms with Crippen molar-refractivity contribution in [1.82, 2.24) is 10.2 Å². The molecule has 0 bridgehead atoms. The number of aryl methyl sites for hydroxylation is 1. The van der Waals surface area contributed by atoms with E-state index in [4.69, 9.17) is 9.47 Å². The maximum absolute atomic E-state index is 14.7. The molecular weight excluding hydrogens is 570 g/mol. The number of anilines is 1. The lowest BCUT2D eigenvalue weighted by atomic mass is 9.94. The lowest BCUT2D eigenvalue weighted by molar-refractivity contribution is -0.140. The molecule has 3 aromatic carbocycles. The molecule has 0 aliphatic carbocycles. The summed E-state index contributed by atoms with van der Waals surface area (Å²) < 4.78 is 10.8. The van der Waals surface area contributed by atoms with E-state index in [1.165, 1.54) is 12.1 Å². The van der Waals surface area contributed by atoms with Crippen LogP contribution in [-0.2, 0) is 20.7 Å². The van der Waals surface area contributed by atoms with Crippen LogP contribution in [0.5, 0.6) is 11.5 Å². The van der Waals surface area contributed by atoms with E-state index in [9.17, 15) is 19.5 Å². The SMILES string of the molecule is CCCCCN(C(=O)C(Cc1ccc(O)cc1)NC(=O)OC(C)(C)C)C(C(=O)Nc1ccc(OC)cc1)c1cccc(C)c1C. The normalized spacial score (nSPS) is 12.5. The Bertz CT molecular complexity index is 1430. The number of rotatable bonds is 13. The Kier molecular flexibility index (Phi) is 12.4. The fraction of sp³-hybridized carbons (Fsp3) is 0.417. The topological polar surface area (TPSA) is 117 Å². The Morgan fingerprint density at radius 2 is 1.60 bits per heavy atom. The molecule has 3 aromatic rings. The number of aromatic hydroxyl groups is 1. The van der Waals surface area contributed by atoms with Crippen molar-refractivity contribution in [3.63, 3.8) is 0 Å². The summed E-state index contributed by atoms with van der Waals surface area (Å²) >= 11 is 0. The Hall–Kier alpha value is -4.53. The number of benzene rings is 3. The summed E-state index contributed by atoms with van der Waals surface area (Å²) in [5, 5.41) is 15.6. The Morgan fingerprint density at radius 1 is 0.933 bits per heavy atom. The van der Waals surface area contributed by atoms with Gasteiger partial charge in [-0.3, -0.25) is 9.59 Å². The minimum absolute atomic E-state index is 0.0908. The average Bonchev–Trinajstić information content (AvgIpc) is 2.98. The van der Waals surface area contributed by atoms with Crippen LogP contribution in [0.3, 0.4) is 0 Å². The number of alkyl carbamates (subject to hydrolysis) is 1. The second kappa shape index (κ2) is 16.0. The summed E-state index contributed by atoms with van der Waals surface area (Å²) in [7, 11) is 1.57. The van der Waals surface area contributed by atoms with Crippen LogP contribution in [0, 0.1) is 13.8 Å². The van der Waals surface area contributed by atoms with Crippen molar-refractivity contribution in [2.24, 2.45) is 0 Å². The van der Waals surface area contributed by atoms with Crippen LogP contribution in [0.25, 0.3) is 0 Å². The molecule has 9 nitrogen and oxygen atoms in total. The molecule has 0 aliphatic rings. The molecule has 9 heteroatoms. The maximum Gasteiger partial charge on any atom is 0.408 e. The number of unbranched alkanes of at least 4 members (excludes halogenated alkanes) is 2. The number of methoxy groups -OCH3 is 1. The van der Waals surface area contributed by atoms with Gasteiger partial charge in [-0.2, -0.15) is 0 Å². The van der Waals surface area contributed by atoms with Crippen molar-refractivity contribution < 1.29 is 29.0 Å². The van der Waals surface area contributed by atoms with Crippen molar-refractivity contribution in [1.29, 1.82) is 0 Å². The van der Waals surface area contributed by atoms with Gasteiger partial charge < -0.3 is 30.1 Å². The zero-order valence-corrected chi connectivity index (χ0v) is 27.5. The number of phenols is 1. The standard InChI is InChI=1S/C36H47N3O6/c1-8-9-10-22-39(34(42)31(38-35(43)45-36(4,5)6)23-26-14-18-28(40)19-15-26)32(30-13-11-12-24(2)25(30)3)33(41)37-27-16-20-29(44-7)21-17-27/h11-21,31-32,40H,8-10,22-23H2,1-7H3,(H,37,41)(H,38,43). The number of amides is 3. The second-order valence-corrected chi connectivity index (χ2v) is 12.2. The summed E-state index contributed by atoms with van der Waals surface area (Å²) in [6.07, 6.45) is 1.83. The van der Waals surface area contributed by atoms with Crippen LogP contribution < -0.4 is 15.4 Å². The number of carbonyl (C=O) groups is 3. The van der Waals surface area contributed by atoms with E-state index in [1.54, 1.807) is 69.2 Å². The number of carbonyl (C=O) groups excluding carboxylic acids is 3. The molecule has 0 heterocycles. The number of hydrogen-bond donors (Lipinski definition) is 3. The Balaban J connectivity index is 2.10. The number of ether oxygens (including phenoxy) is 2. The quantitative estimate of drug-likeness (QED) is 0.181. The lowest BCUT2D eigenvalue weighted by Crippen LogP contribution is -2.53. The van der Waals surface area contributed by atoms with Crippen LogP contribution in [0.1, 0.15) is 75.3 Å². The highest BCUT2D eigenvalue weighted by atomic mass is 16.6. The second-order valence-electron chi connectivity index (χ2n) is 12.2. The minimum atomic E-state index is -1.05. The van der Waals surface area contributed by atoms with Gasteiger partial charge in [0.05, 0.1) is 7.11 Å². The third kappa shape index (κ3) is 10.3. The number of nitrogens with zero attached hydrogens (tertiary/aromatic N) is 1. The van der Waals surface area contributed by atoms with E-state index in [-0.39, 0.29) is 18.1 Å². The van der Waals surface area contributed by atoms with E-state index in [2.05, 4.69) is 17.6 Å². The molecule has 3 rings (SSSR count). The van der Waals surface area contributed by atoms with Crippen LogP contribution >= 0.6 is 0 Å². The summed E-state index contributed by atoms with van der Waals surface area (Å²) in [6, 6.07) is 17.2. The van der Waals surface area contributed by atoms with Gasteiger partial charge in [0.1, 0.15) is 29.2 Å². The molecule has 0 aromatic heterocycles. The fourth-order valence-corrected chi connectivity index (χ4v) is 5.02. The van der Waals surface area contributed by atoms with Crippen LogP contribution in [0.4, 0.5) is 10.5 Å². The van der Waals surface area contributed by atoms with Gasteiger partial charge in [-0.15, -0.1) is 0 Å². The van der Waals surface area contributed by atoms with E-state index in [0.717, 1.165) is 29.5 Å². The smallest absolute Gasteiger partial charge is 0.408 e. The summed E-state index contributed by atoms with van der Waals surface area (Å²) in [5.74, 6) is -0.0472. The van der Waals surface area contributed by atoms with E-state index < -0.39 is 29.7 Å². The average molecular weight is 618 g/mol. The Labute approximate surface area is 266 Å². The first kappa shape index (κ1) is 35.0. The maximum atomic E-state index is 14.7. The fourth-order valence-electron chi connectivity index (χ4n) is 5.02. The molecule has 2 atom stereocenters. The number of phenolic OH excluding ortho intramolecular Hbond substituents is 1. The molecule has 3 amide bonds. The molecule has 0 spiro atoms. The molecule has 0 radical (unpaired) electrons. The highest BCUT2D eigenvalue weighted by Gasteiger charge is 2.37. The minimum Gasteiger partial charge on any atom is -0.508 e. The Morgan fingerprint density at radius 3 is 2.20 bits per heavy atom. The third-order valence-electron chi connectivity index (χ3n) is 7.51. The third-order valence-corrected chi connectivity index (χ3v) is 7.51. The van der Waals surface area contributed by atoms with Crippen molar-refractivity contribution in [3.05, 3.63) is 89.0 Å². The monoisotopic (exact) mass is 617 g/mol. The first-order chi connectivity index (χ1) is 21.3. The largest absolute Gasteiger partial charge is 0.508 e. The number of hydrogen-bond acceptors (Lipinski definition) is 6.